The summed E-state index contributed by atoms with van der Waals surface area (Å²) in [7, 11) is 0. The standard InChI is InChI=1S/C20H31F3N2O4/c1-19(2,3)29-18(28)24-9-8-12(15(11-24)20(21,22)23)10-25-16(26)13-6-4-5-7-14(13)17(25)27/h12-16,26H,4-11H2,1-3H3. The largest absolute Gasteiger partial charge is 0.444 e. The summed E-state index contributed by atoms with van der Waals surface area (Å²) in [6.07, 6.45) is -2.91. The Bertz CT molecular complexity index is 634. The third-order valence-corrected chi connectivity index (χ3v) is 6.38. The number of halogens is 3. The summed E-state index contributed by atoms with van der Waals surface area (Å²) in [5.74, 6) is -3.29. The number of hydrogen-bond acceptors (Lipinski definition) is 4. The van der Waals surface area contributed by atoms with Gasteiger partial charge in [-0.3, -0.25) is 4.79 Å². The van der Waals surface area contributed by atoms with E-state index in [4.69, 9.17) is 4.74 Å². The Kier molecular flexibility index (Phi) is 6.09. The maximum atomic E-state index is 13.8. The summed E-state index contributed by atoms with van der Waals surface area (Å²) in [5.41, 5.74) is -0.788. The summed E-state index contributed by atoms with van der Waals surface area (Å²) in [5, 5.41) is 10.6. The van der Waals surface area contributed by atoms with Gasteiger partial charge in [-0.05, 0) is 46.0 Å². The summed E-state index contributed by atoms with van der Waals surface area (Å²) in [6.45, 7) is 4.51. The van der Waals surface area contributed by atoms with Gasteiger partial charge in [0.1, 0.15) is 11.8 Å². The quantitative estimate of drug-likeness (QED) is 0.744. The predicted octanol–water partition coefficient (Wildman–Crippen LogP) is 3.39. The highest BCUT2D eigenvalue weighted by Gasteiger charge is 2.53. The average Bonchev–Trinajstić information content (AvgIpc) is 2.85. The van der Waals surface area contributed by atoms with Crippen LogP contribution in [0.25, 0.3) is 0 Å². The van der Waals surface area contributed by atoms with Crippen LogP contribution in [0.4, 0.5) is 18.0 Å². The van der Waals surface area contributed by atoms with Crippen LogP contribution in [-0.4, -0.2) is 64.5 Å². The molecule has 0 aromatic rings. The summed E-state index contributed by atoms with van der Waals surface area (Å²) in [6, 6.07) is 0. The number of rotatable bonds is 2. The molecule has 5 atom stereocenters. The van der Waals surface area contributed by atoms with Gasteiger partial charge in [0.2, 0.25) is 5.91 Å². The Morgan fingerprint density at radius 2 is 1.83 bits per heavy atom. The molecule has 3 aliphatic rings. The number of piperidine rings is 1. The van der Waals surface area contributed by atoms with E-state index in [0.717, 1.165) is 24.2 Å². The SMILES string of the molecule is CC(C)(C)OC(=O)N1CCC(CN2C(=O)C3CCCCC3C2O)C(C(F)(F)F)C1. The van der Waals surface area contributed by atoms with Crippen LogP contribution >= 0.6 is 0 Å². The molecule has 1 saturated carbocycles. The molecule has 0 spiro atoms. The first-order valence-electron chi connectivity index (χ1n) is 10.4. The Morgan fingerprint density at radius 3 is 2.41 bits per heavy atom. The van der Waals surface area contributed by atoms with Gasteiger partial charge >= 0.3 is 12.3 Å². The molecule has 5 unspecified atom stereocenters. The van der Waals surface area contributed by atoms with E-state index in [1.807, 2.05) is 0 Å². The number of hydrogen-bond donors (Lipinski definition) is 1. The topological polar surface area (TPSA) is 70.1 Å². The molecule has 9 heteroatoms. The molecular weight excluding hydrogens is 389 g/mol. The second-order valence-electron chi connectivity index (χ2n) is 9.58. The highest BCUT2D eigenvalue weighted by molar-refractivity contribution is 5.82. The maximum absolute atomic E-state index is 13.8. The maximum Gasteiger partial charge on any atom is 0.410 e. The molecule has 29 heavy (non-hydrogen) atoms. The third kappa shape index (κ3) is 4.81. The van der Waals surface area contributed by atoms with Gasteiger partial charge in [-0.1, -0.05) is 12.8 Å². The molecule has 0 aromatic heterocycles. The Balaban J connectivity index is 1.71. The zero-order valence-corrected chi connectivity index (χ0v) is 17.2. The van der Waals surface area contributed by atoms with E-state index in [2.05, 4.69) is 0 Å². The Labute approximate surface area is 169 Å². The van der Waals surface area contributed by atoms with E-state index in [0.29, 0.717) is 6.42 Å². The fraction of sp³-hybridized carbons (Fsp3) is 0.900. The lowest BCUT2D eigenvalue weighted by atomic mass is 9.81. The number of alkyl halides is 3. The van der Waals surface area contributed by atoms with Crippen molar-refractivity contribution >= 4 is 12.0 Å². The fourth-order valence-corrected chi connectivity index (χ4v) is 4.93. The number of aliphatic hydroxyl groups is 1. The minimum absolute atomic E-state index is 0.106. The van der Waals surface area contributed by atoms with Crippen molar-refractivity contribution < 1.29 is 32.6 Å². The van der Waals surface area contributed by atoms with Crippen molar-refractivity contribution in [2.24, 2.45) is 23.7 Å². The number of ether oxygens (including phenoxy) is 1. The van der Waals surface area contributed by atoms with Crippen molar-refractivity contribution in [1.29, 1.82) is 0 Å². The molecule has 0 radical (unpaired) electrons. The Hall–Kier alpha value is -1.51. The van der Waals surface area contributed by atoms with Crippen LogP contribution in [-0.2, 0) is 9.53 Å². The van der Waals surface area contributed by atoms with Crippen LogP contribution in [0.15, 0.2) is 0 Å². The first-order chi connectivity index (χ1) is 13.4. The lowest BCUT2D eigenvalue weighted by Gasteiger charge is -2.41. The lowest BCUT2D eigenvalue weighted by Crippen LogP contribution is -2.53. The average molecular weight is 420 g/mol. The molecule has 3 rings (SSSR count). The van der Waals surface area contributed by atoms with Crippen molar-refractivity contribution in [1.82, 2.24) is 9.80 Å². The van der Waals surface area contributed by atoms with Gasteiger partial charge in [-0.25, -0.2) is 4.79 Å². The number of amides is 2. The zero-order valence-electron chi connectivity index (χ0n) is 17.2. The number of carbonyl (C=O) groups is 2. The number of fused-ring (bicyclic) bond motifs is 1. The first-order valence-corrected chi connectivity index (χ1v) is 10.4. The summed E-state index contributed by atoms with van der Waals surface area (Å²) in [4.78, 5) is 27.3. The van der Waals surface area contributed by atoms with Gasteiger partial charge in [0.25, 0.3) is 0 Å². The molecule has 3 fully saturated rings. The first kappa shape index (κ1) is 22.2. The Morgan fingerprint density at radius 1 is 1.17 bits per heavy atom. The van der Waals surface area contributed by atoms with Crippen LogP contribution in [0, 0.1) is 23.7 Å². The molecule has 1 aliphatic carbocycles. The summed E-state index contributed by atoms with van der Waals surface area (Å²) >= 11 is 0. The number of carbonyl (C=O) groups excluding carboxylic acids is 2. The van der Waals surface area contributed by atoms with Crippen molar-refractivity contribution in [3.8, 4) is 0 Å². The third-order valence-electron chi connectivity index (χ3n) is 6.38. The van der Waals surface area contributed by atoms with E-state index in [1.165, 1.54) is 4.90 Å². The van der Waals surface area contributed by atoms with Crippen molar-refractivity contribution in [2.75, 3.05) is 19.6 Å². The smallest absolute Gasteiger partial charge is 0.410 e. The van der Waals surface area contributed by atoms with Crippen LogP contribution in [0.1, 0.15) is 52.9 Å². The molecule has 2 heterocycles. The van der Waals surface area contributed by atoms with Crippen LogP contribution in [0.2, 0.25) is 0 Å². The van der Waals surface area contributed by atoms with Gasteiger partial charge < -0.3 is 19.6 Å². The molecule has 0 bridgehead atoms. The molecule has 166 valence electrons. The molecule has 1 N–H and O–H groups in total. The van der Waals surface area contributed by atoms with Crippen molar-refractivity contribution in [2.45, 2.75) is 70.9 Å². The minimum Gasteiger partial charge on any atom is -0.444 e. The fourth-order valence-electron chi connectivity index (χ4n) is 4.93. The van der Waals surface area contributed by atoms with Crippen LogP contribution in [0.5, 0.6) is 0 Å². The lowest BCUT2D eigenvalue weighted by molar-refractivity contribution is -0.204. The molecule has 2 saturated heterocycles. The number of likely N-dealkylation sites (tertiary alicyclic amines) is 2. The van der Waals surface area contributed by atoms with Gasteiger partial charge in [0.05, 0.1) is 5.92 Å². The van der Waals surface area contributed by atoms with Gasteiger partial charge in [0, 0.05) is 31.5 Å². The minimum atomic E-state index is -4.51. The van der Waals surface area contributed by atoms with E-state index in [1.54, 1.807) is 20.8 Å². The van der Waals surface area contributed by atoms with E-state index < -0.39 is 42.5 Å². The van der Waals surface area contributed by atoms with E-state index >= 15 is 0 Å². The normalized spacial score (nSPS) is 33.6. The molecule has 2 amide bonds. The zero-order chi connectivity index (χ0) is 21.6. The van der Waals surface area contributed by atoms with Crippen molar-refractivity contribution in [3.63, 3.8) is 0 Å². The van der Waals surface area contributed by atoms with Gasteiger partial charge in [-0.2, -0.15) is 13.2 Å². The molecule has 2 aliphatic heterocycles. The highest BCUT2D eigenvalue weighted by atomic mass is 19.4. The van der Waals surface area contributed by atoms with Gasteiger partial charge in [-0.15, -0.1) is 0 Å². The van der Waals surface area contributed by atoms with E-state index in [9.17, 15) is 27.9 Å². The molecule has 6 nitrogen and oxygen atoms in total. The number of nitrogens with zero attached hydrogens (tertiary/aromatic N) is 2. The summed E-state index contributed by atoms with van der Waals surface area (Å²) < 4.78 is 46.6. The van der Waals surface area contributed by atoms with E-state index in [-0.39, 0.29) is 37.3 Å². The second-order valence-corrected chi connectivity index (χ2v) is 9.58. The van der Waals surface area contributed by atoms with Crippen molar-refractivity contribution in [3.05, 3.63) is 0 Å². The number of aliphatic hydroxyl groups excluding tert-OH is 1. The second kappa shape index (κ2) is 7.96. The van der Waals surface area contributed by atoms with Crippen LogP contribution in [0.3, 0.4) is 0 Å². The molecule has 0 aromatic carbocycles. The highest BCUT2D eigenvalue weighted by Crippen LogP contribution is 2.43. The van der Waals surface area contributed by atoms with Crippen LogP contribution < -0.4 is 0 Å². The molecular formula is C20H31F3N2O4. The monoisotopic (exact) mass is 420 g/mol. The predicted molar refractivity (Wildman–Crippen MR) is 98.6 cm³/mol. The van der Waals surface area contributed by atoms with Gasteiger partial charge in [0.15, 0.2) is 0 Å².